The smallest absolute Gasteiger partial charge is 0.361 e. The van der Waals surface area contributed by atoms with Crippen LogP contribution in [0.2, 0.25) is 0 Å². The molecule has 0 bridgehead atoms. The van der Waals surface area contributed by atoms with Gasteiger partial charge in [0.2, 0.25) is 0 Å². The minimum Gasteiger partial charge on any atom is -0.456 e. The number of benzene rings is 1. The fourth-order valence-electron chi connectivity index (χ4n) is 2.08. The average molecular weight is 313 g/mol. The Morgan fingerprint density at radius 3 is 2.64 bits per heavy atom. The molecule has 0 amide bonds. The Kier molecular flexibility index (Phi) is 4.06. The van der Waals surface area contributed by atoms with Crippen molar-refractivity contribution in [2.45, 2.75) is 20.5 Å². The molecule has 0 radical (unpaired) electrons. The summed E-state index contributed by atoms with van der Waals surface area (Å²) in [6.45, 7) is 3.94. The molecule has 0 unspecified atom stereocenters. The van der Waals surface area contributed by atoms with Crippen molar-refractivity contribution in [2.75, 3.05) is 0 Å². The molecular weight excluding hydrogens is 298 g/mol. The maximum absolute atomic E-state index is 12.3. The summed E-state index contributed by atoms with van der Waals surface area (Å²) in [6.07, 6.45) is 0. The molecule has 1 aromatic carbocycles. The summed E-state index contributed by atoms with van der Waals surface area (Å²) in [6, 6.07) is 13.5. The van der Waals surface area contributed by atoms with E-state index in [1.54, 1.807) is 18.3 Å². The molecule has 112 valence electrons. The van der Waals surface area contributed by atoms with Gasteiger partial charge in [-0.3, -0.25) is 0 Å². The number of thiophene rings is 1. The number of aromatic nitrogens is 1. The topological polar surface area (TPSA) is 52.3 Å². The van der Waals surface area contributed by atoms with Gasteiger partial charge >= 0.3 is 5.97 Å². The lowest BCUT2D eigenvalue weighted by Crippen LogP contribution is -2.07. The van der Waals surface area contributed by atoms with E-state index in [0.717, 1.165) is 15.3 Å². The third-order valence-corrected chi connectivity index (χ3v) is 4.10. The SMILES string of the molecule is Cc1nc(C(=O)OCc2ccccc2)c(-c2ccc(C)s2)o1. The summed E-state index contributed by atoms with van der Waals surface area (Å²) in [4.78, 5) is 18.5. The molecule has 5 heteroatoms. The summed E-state index contributed by atoms with van der Waals surface area (Å²) >= 11 is 1.56. The van der Waals surface area contributed by atoms with Gasteiger partial charge in [0.05, 0.1) is 4.88 Å². The molecule has 0 N–H and O–H groups in total. The maximum atomic E-state index is 12.3. The second-order valence-electron chi connectivity index (χ2n) is 4.88. The first-order chi connectivity index (χ1) is 10.6. The quantitative estimate of drug-likeness (QED) is 0.671. The molecule has 0 aliphatic carbocycles. The standard InChI is InChI=1S/C17H15NO3S/c1-11-8-9-14(22-11)16-15(18-12(2)21-16)17(19)20-10-13-6-4-3-5-7-13/h3-9H,10H2,1-2H3. The highest BCUT2D eigenvalue weighted by Crippen LogP contribution is 2.31. The highest BCUT2D eigenvalue weighted by atomic mass is 32.1. The van der Waals surface area contributed by atoms with Gasteiger partial charge in [-0.1, -0.05) is 30.3 Å². The van der Waals surface area contributed by atoms with E-state index in [-0.39, 0.29) is 12.3 Å². The van der Waals surface area contributed by atoms with Gasteiger partial charge in [0.1, 0.15) is 6.61 Å². The van der Waals surface area contributed by atoms with Crippen molar-refractivity contribution in [1.29, 1.82) is 0 Å². The van der Waals surface area contributed by atoms with Crippen LogP contribution in [0.4, 0.5) is 0 Å². The molecule has 22 heavy (non-hydrogen) atoms. The second kappa shape index (κ2) is 6.15. The number of hydrogen-bond donors (Lipinski definition) is 0. The molecular formula is C17H15NO3S. The number of ether oxygens (including phenoxy) is 1. The molecule has 0 atom stereocenters. The van der Waals surface area contributed by atoms with Crippen molar-refractivity contribution in [2.24, 2.45) is 0 Å². The summed E-state index contributed by atoms with van der Waals surface area (Å²) in [5, 5.41) is 0. The van der Waals surface area contributed by atoms with E-state index in [1.807, 2.05) is 49.4 Å². The average Bonchev–Trinajstić information content (AvgIpc) is 3.11. The Hall–Kier alpha value is -2.40. The first kappa shape index (κ1) is 14.5. The largest absolute Gasteiger partial charge is 0.456 e. The van der Waals surface area contributed by atoms with E-state index in [1.165, 1.54) is 0 Å². The molecule has 3 rings (SSSR count). The normalized spacial score (nSPS) is 10.6. The number of carbonyl (C=O) groups is 1. The monoisotopic (exact) mass is 313 g/mol. The Morgan fingerprint density at radius 1 is 1.18 bits per heavy atom. The Balaban J connectivity index is 1.81. The molecule has 3 aromatic rings. The first-order valence-electron chi connectivity index (χ1n) is 6.89. The van der Waals surface area contributed by atoms with Crippen LogP contribution in [0.5, 0.6) is 0 Å². The predicted octanol–water partition coefficient (Wildman–Crippen LogP) is 4.38. The Morgan fingerprint density at radius 2 is 1.95 bits per heavy atom. The zero-order valence-corrected chi connectivity index (χ0v) is 13.1. The fraction of sp³-hybridized carbons (Fsp3) is 0.176. The van der Waals surface area contributed by atoms with Gasteiger partial charge in [0.15, 0.2) is 17.3 Å². The van der Waals surface area contributed by atoms with Crippen molar-refractivity contribution in [3.8, 4) is 10.6 Å². The van der Waals surface area contributed by atoms with Crippen LogP contribution in [0.25, 0.3) is 10.6 Å². The van der Waals surface area contributed by atoms with Crippen molar-refractivity contribution < 1.29 is 13.9 Å². The lowest BCUT2D eigenvalue weighted by molar-refractivity contribution is 0.0467. The number of nitrogens with zero attached hydrogens (tertiary/aromatic N) is 1. The van der Waals surface area contributed by atoms with Crippen LogP contribution < -0.4 is 0 Å². The van der Waals surface area contributed by atoms with Crippen LogP contribution >= 0.6 is 11.3 Å². The predicted molar refractivity (Wildman–Crippen MR) is 84.9 cm³/mol. The highest BCUT2D eigenvalue weighted by Gasteiger charge is 2.22. The van der Waals surface area contributed by atoms with Gasteiger partial charge in [-0.25, -0.2) is 9.78 Å². The molecule has 0 saturated heterocycles. The molecule has 0 fully saturated rings. The molecule has 0 spiro atoms. The zero-order valence-electron chi connectivity index (χ0n) is 12.3. The van der Waals surface area contributed by atoms with Gasteiger partial charge in [0.25, 0.3) is 0 Å². The molecule has 4 nitrogen and oxygen atoms in total. The second-order valence-corrected chi connectivity index (χ2v) is 6.17. The molecule has 2 aromatic heterocycles. The summed E-state index contributed by atoms with van der Waals surface area (Å²) < 4.78 is 10.9. The molecule has 0 aliphatic rings. The Bertz CT molecular complexity index is 789. The third-order valence-electron chi connectivity index (χ3n) is 3.10. The van der Waals surface area contributed by atoms with E-state index in [0.29, 0.717) is 11.7 Å². The van der Waals surface area contributed by atoms with Crippen molar-refractivity contribution in [3.05, 3.63) is 64.5 Å². The van der Waals surface area contributed by atoms with E-state index in [2.05, 4.69) is 4.98 Å². The van der Waals surface area contributed by atoms with Crippen molar-refractivity contribution >= 4 is 17.3 Å². The summed E-state index contributed by atoms with van der Waals surface area (Å²) in [5.74, 6) is 0.461. The van der Waals surface area contributed by atoms with Crippen LogP contribution in [-0.2, 0) is 11.3 Å². The zero-order chi connectivity index (χ0) is 15.5. The molecule has 2 heterocycles. The number of oxazole rings is 1. The van der Waals surface area contributed by atoms with Gasteiger partial charge in [-0.2, -0.15) is 0 Å². The third kappa shape index (κ3) is 3.09. The van der Waals surface area contributed by atoms with Crippen LogP contribution in [0.3, 0.4) is 0 Å². The first-order valence-corrected chi connectivity index (χ1v) is 7.70. The summed E-state index contributed by atoms with van der Waals surface area (Å²) in [5.41, 5.74) is 1.17. The fourth-order valence-corrected chi connectivity index (χ4v) is 2.93. The number of carbonyl (C=O) groups excluding carboxylic acids is 1. The number of aryl methyl sites for hydroxylation is 2. The lowest BCUT2D eigenvalue weighted by atomic mass is 10.2. The van der Waals surface area contributed by atoms with E-state index in [4.69, 9.17) is 9.15 Å². The van der Waals surface area contributed by atoms with Gasteiger partial charge in [-0.05, 0) is 24.6 Å². The minimum atomic E-state index is -0.471. The number of hydrogen-bond acceptors (Lipinski definition) is 5. The van der Waals surface area contributed by atoms with Crippen molar-refractivity contribution in [3.63, 3.8) is 0 Å². The van der Waals surface area contributed by atoms with Crippen molar-refractivity contribution in [1.82, 2.24) is 4.98 Å². The number of esters is 1. The number of rotatable bonds is 4. The van der Waals surface area contributed by atoms with Crippen LogP contribution in [0.1, 0.15) is 26.8 Å². The van der Waals surface area contributed by atoms with E-state index < -0.39 is 5.97 Å². The van der Waals surface area contributed by atoms with Crippen LogP contribution in [0.15, 0.2) is 46.9 Å². The lowest BCUT2D eigenvalue weighted by Gasteiger charge is -2.03. The molecule has 0 saturated carbocycles. The van der Waals surface area contributed by atoms with Gasteiger partial charge in [0, 0.05) is 11.8 Å². The van der Waals surface area contributed by atoms with Gasteiger partial charge in [-0.15, -0.1) is 11.3 Å². The van der Waals surface area contributed by atoms with Crippen LogP contribution in [0, 0.1) is 13.8 Å². The van der Waals surface area contributed by atoms with E-state index in [9.17, 15) is 4.79 Å². The van der Waals surface area contributed by atoms with E-state index >= 15 is 0 Å². The minimum absolute atomic E-state index is 0.217. The summed E-state index contributed by atoms with van der Waals surface area (Å²) in [7, 11) is 0. The Labute approximate surface area is 132 Å². The highest BCUT2D eigenvalue weighted by molar-refractivity contribution is 7.15. The van der Waals surface area contributed by atoms with Crippen LogP contribution in [-0.4, -0.2) is 11.0 Å². The van der Waals surface area contributed by atoms with Gasteiger partial charge < -0.3 is 9.15 Å². The maximum Gasteiger partial charge on any atom is 0.361 e. The molecule has 0 aliphatic heterocycles.